The van der Waals surface area contributed by atoms with Crippen molar-refractivity contribution in [2.24, 2.45) is 0 Å². The van der Waals surface area contributed by atoms with E-state index < -0.39 is 11.8 Å². The number of benzene rings is 2. The SMILES string of the molecule is COC(=O)Cc1ccc2c(c1)NC(=O)CCCCC(c1ccc(-c3cc(Cl)ccc3-n3cnnn3)cn1)c1cc-2ncc1F. The highest BCUT2D eigenvalue weighted by molar-refractivity contribution is 6.31. The Bertz CT molecular complexity index is 1830. The minimum Gasteiger partial charge on any atom is -0.469 e. The van der Waals surface area contributed by atoms with Gasteiger partial charge in [-0.2, -0.15) is 4.68 Å². The number of fused-ring (bicyclic) bond motifs is 4. The number of nitrogens with zero attached hydrogens (tertiary/aromatic N) is 6. The van der Waals surface area contributed by atoms with Crippen molar-refractivity contribution in [3.05, 3.63) is 101 Å². The molecule has 0 saturated carbocycles. The number of carbonyl (C=O) groups excluding carboxylic acids is 2. The summed E-state index contributed by atoms with van der Waals surface area (Å²) >= 11 is 6.33. The van der Waals surface area contributed by atoms with Crippen molar-refractivity contribution in [2.75, 3.05) is 12.4 Å². The number of pyridine rings is 2. The summed E-state index contributed by atoms with van der Waals surface area (Å²) in [5.74, 6) is -1.36. The van der Waals surface area contributed by atoms with E-state index in [-0.39, 0.29) is 24.7 Å². The number of hydrogen-bond donors (Lipinski definition) is 1. The molecule has 0 radical (unpaired) electrons. The molecule has 5 aromatic rings. The second kappa shape index (κ2) is 12.7. The Labute approximate surface area is 257 Å². The van der Waals surface area contributed by atoms with Crippen LogP contribution in [0.5, 0.6) is 0 Å². The molecule has 1 atom stereocenters. The minimum atomic E-state index is -0.439. The zero-order valence-corrected chi connectivity index (χ0v) is 24.5. The predicted molar refractivity (Wildman–Crippen MR) is 162 cm³/mol. The van der Waals surface area contributed by atoms with Gasteiger partial charge in [0.1, 0.15) is 12.1 Å². The lowest BCUT2D eigenvalue weighted by molar-refractivity contribution is -0.139. The lowest BCUT2D eigenvalue weighted by Gasteiger charge is -2.21. The monoisotopic (exact) mass is 611 g/mol. The van der Waals surface area contributed by atoms with E-state index in [1.54, 1.807) is 41.2 Å². The van der Waals surface area contributed by atoms with Crippen LogP contribution in [0, 0.1) is 5.82 Å². The number of methoxy groups -OCH3 is 1. The Balaban J connectivity index is 1.39. The van der Waals surface area contributed by atoms with Gasteiger partial charge in [0.2, 0.25) is 5.91 Å². The molecule has 0 saturated heterocycles. The molecule has 0 spiro atoms. The lowest BCUT2D eigenvalue weighted by atomic mass is 9.88. The molecule has 222 valence electrons. The van der Waals surface area contributed by atoms with Gasteiger partial charge < -0.3 is 10.1 Å². The topological polar surface area (TPSA) is 125 Å². The number of nitrogens with one attached hydrogen (secondary N) is 1. The van der Waals surface area contributed by atoms with Gasteiger partial charge in [0.25, 0.3) is 0 Å². The van der Waals surface area contributed by atoms with E-state index in [1.165, 1.54) is 19.6 Å². The van der Waals surface area contributed by atoms with Crippen molar-refractivity contribution >= 4 is 29.2 Å². The number of hydrogen-bond acceptors (Lipinski definition) is 8. The van der Waals surface area contributed by atoms with Crippen LogP contribution in [-0.2, 0) is 20.7 Å². The number of ether oxygens (including phenoxy) is 1. The Morgan fingerprint density at radius 2 is 1.95 bits per heavy atom. The molecule has 6 rings (SSSR count). The maximum absolute atomic E-state index is 15.5. The van der Waals surface area contributed by atoms with E-state index in [0.717, 1.165) is 16.8 Å². The number of tetrazole rings is 1. The summed E-state index contributed by atoms with van der Waals surface area (Å²) in [6.07, 6.45) is 6.64. The van der Waals surface area contributed by atoms with Gasteiger partial charge in [0, 0.05) is 51.5 Å². The average molecular weight is 612 g/mol. The highest BCUT2D eigenvalue weighted by Crippen LogP contribution is 2.37. The molecule has 1 aliphatic heterocycles. The van der Waals surface area contributed by atoms with Crippen molar-refractivity contribution in [1.29, 1.82) is 0 Å². The zero-order chi connectivity index (χ0) is 30.6. The third kappa shape index (κ3) is 6.18. The highest BCUT2D eigenvalue weighted by atomic mass is 35.5. The average Bonchev–Trinajstić information content (AvgIpc) is 3.56. The van der Waals surface area contributed by atoms with Crippen LogP contribution in [0.25, 0.3) is 28.1 Å². The fourth-order valence-electron chi connectivity index (χ4n) is 5.43. The second-order valence-corrected chi connectivity index (χ2v) is 10.9. The molecule has 0 aliphatic carbocycles. The van der Waals surface area contributed by atoms with E-state index in [2.05, 4.69) is 25.8 Å². The molecule has 12 heteroatoms. The molecule has 4 heterocycles. The molecular formula is C32H27ClFN7O3. The number of esters is 1. The molecule has 2 bridgehead atoms. The molecular weight excluding hydrogens is 585 g/mol. The molecule has 3 aromatic heterocycles. The summed E-state index contributed by atoms with van der Waals surface area (Å²) in [7, 11) is 1.33. The van der Waals surface area contributed by atoms with Crippen LogP contribution >= 0.6 is 11.6 Å². The summed E-state index contributed by atoms with van der Waals surface area (Å²) in [5.41, 5.74) is 5.75. The van der Waals surface area contributed by atoms with Crippen LogP contribution in [-0.4, -0.2) is 49.2 Å². The van der Waals surface area contributed by atoms with Crippen LogP contribution < -0.4 is 5.32 Å². The first-order valence-electron chi connectivity index (χ1n) is 14.0. The number of carbonyl (C=O) groups is 2. The van der Waals surface area contributed by atoms with Crippen molar-refractivity contribution in [1.82, 2.24) is 30.2 Å². The summed E-state index contributed by atoms with van der Waals surface area (Å²) < 4.78 is 21.8. The van der Waals surface area contributed by atoms with E-state index in [1.807, 2.05) is 24.3 Å². The van der Waals surface area contributed by atoms with Gasteiger partial charge >= 0.3 is 5.97 Å². The second-order valence-electron chi connectivity index (χ2n) is 10.5. The van der Waals surface area contributed by atoms with E-state index in [4.69, 9.17) is 21.3 Å². The largest absolute Gasteiger partial charge is 0.469 e. The van der Waals surface area contributed by atoms with E-state index in [9.17, 15) is 9.59 Å². The smallest absolute Gasteiger partial charge is 0.309 e. The minimum absolute atomic E-state index is 0.0535. The van der Waals surface area contributed by atoms with Gasteiger partial charge in [-0.05, 0) is 65.2 Å². The van der Waals surface area contributed by atoms with Gasteiger partial charge in [0.15, 0.2) is 0 Å². The number of rotatable bonds is 5. The summed E-state index contributed by atoms with van der Waals surface area (Å²) in [5, 5.41) is 15.0. The molecule has 2 aromatic carbocycles. The molecule has 1 N–H and O–H groups in total. The van der Waals surface area contributed by atoms with Gasteiger partial charge in [-0.25, -0.2) is 4.39 Å². The third-order valence-electron chi connectivity index (χ3n) is 7.63. The normalized spacial score (nSPS) is 15.0. The molecule has 1 unspecified atom stereocenters. The van der Waals surface area contributed by atoms with Crippen LogP contribution in [0.4, 0.5) is 10.1 Å². The summed E-state index contributed by atoms with van der Waals surface area (Å²) in [6.45, 7) is 0. The number of aromatic nitrogens is 6. The van der Waals surface area contributed by atoms with Crippen LogP contribution in [0.1, 0.15) is 48.4 Å². The number of amides is 1. The van der Waals surface area contributed by atoms with Crippen LogP contribution in [0.2, 0.25) is 5.02 Å². The zero-order valence-electron chi connectivity index (χ0n) is 23.7. The van der Waals surface area contributed by atoms with E-state index >= 15 is 4.39 Å². The third-order valence-corrected chi connectivity index (χ3v) is 7.86. The number of anilines is 1. The first-order valence-corrected chi connectivity index (χ1v) is 14.4. The fourth-order valence-corrected chi connectivity index (χ4v) is 5.60. The Hall–Kier alpha value is -5.03. The predicted octanol–water partition coefficient (Wildman–Crippen LogP) is 5.94. The molecule has 10 nitrogen and oxygen atoms in total. The summed E-state index contributed by atoms with van der Waals surface area (Å²) in [6, 6.07) is 16.2. The van der Waals surface area contributed by atoms with Gasteiger partial charge in [-0.1, -0.05) is 36.2 Å². The molecule has 1 amide bonds. The van der Waals surface area contributed by atoms with Crippen LogP contribution in [0.15, 0.2) is 73.3 Å². The first-order chi connectivity index (χ1) is 21.4. The maximum Gasteiger partial charge on any atom is 0.309 e. The first kappa shape index (κ1) is 29.1. The lowest BCUT2D eigenvalue weighted by Crippen LogP contribution is -2.14. The highest BCUT2D eigenvalue weighted by Gasteiger charge is 2.23. The molecule has 0 fully saturated rings. The number of halogens is 2. The van der Waals surface area contributed by atoms with Crippen molar-refractivity contribution in [3.63, 3.8) is 0 Å². The molecule has 1 aliphatic rings. The Morgan fingerprint density at radius 3 is 2.73 bits per heavy atom. The van der Waals surface area contributed by atoms with Crippen molar-refractivity contribution < 1.29 is 18.7 Å². The Kier molecular flexibility index (Phi) is 8.38. The quantitative estimate of drug-likeness (QED) is 0.242. The van der Waals surface area contributed by atoms with Gasteiger partial charge in [-0.3, -0.25) is 19.6 Å². The Morgan fingerprint density at radius 1 is 1.07 bits per heavy atom. The fraction of sp³-hybridized carbons (Fsp3) is 0.219. The van der Waals surface area contributed by atoms with Crippen molar-refractivity contribution in [2.45, 2.75) is 38.0 Å². The van der Waals surface area contributed by atoms with E-state index in [0.29, 0.717) is 58.1 Å². The van der Waals surface area contributed by atoms with Gasteiger partial charge in [0.05, 0.1) is 36.8 Å². The van der Waals surface area contributed by atoms with Gasteiger partial charge in [-0.15, -0.1) is 5.10 Å². The molecule has 44 heavy (non-hydrogen) atoms. The standard InChI is InChI=1S/C32H27ClFN7O3/c1-44-32(43)13-19-6-9-23-28-15-25(26(34)17-36-28)22(4-2-3-5-31(42)38-29(23)12-19)27-10-7-20(16-35-27)24-14-21(33)8-11-30(24)41-18-37-39-40-41/h6-12,14-18,22H,2-5,13H2,1H3,(H,38,42). The van der Waals surface area contributed by atoms with Crippen LogP contribution in [0.3, 0.4) is 0 Å². The maximum atomic E-state index is 15.5. The summed E-state index contributed by atoms with van der Waals surface area (Å²) in [4.78, 5) is 33.9. The van der Waals surface area contributed by atoms with Crippen molar-refractivity contribution in [3.8, 4) is 28.1 Å².